The molecule has 0 fully saturated rings. The van der Waals surface area contributed by atoms with Gasteiger partial charge in [-0.25, -0.2) is 0 Å². The molecule has 18 heavy (non-hydrogen) atoms. The van der Waals surface area contributed by atoms with Crippen molar-refractivity contribution in [2.24, 2.45) is 0 Å². The van der Waals surface area contributed by atoms with Crippen LogP contribution in [-0.2, 0) is 4.74 Å². The Kier molecular flexibility index (Phi) is 9.46. The van der Waals surface area contributed by atoms with Crippen molar-refractivity contribution in [3.63, 3.8) is 0 Å². The molecule has 2 nitrogen and oxygen atoms in total. The number of hydrogen-bond acceptors (Lipinski definition) is 2. The molecule has 0 aliphatic heterocycles. The SMILES string of the molecule is CCCNC(CCCC(F)(F)F)C(CC)OCC. The minimum Gasteiger partial charge on any atom is -0.377 e. The highest BCUT2D eigenvalue weighted by atomic mass is 19.4. The van der Waals surface area contributed by atoms with Crippen molar-refractivity contribution in [2.75, 3.05) is 13.2 Å². The van der Waals surface area contributed by atoms with Crippen molar-refractivity contribution in [2.45, 2.75) is 71.2 Å². The summed E-state index contributed by atoms with van der Waals surface area (Å²) in [6.45, 7) is 7.38. The van der Waals surface area contributed by atoms with Crippen LogP contribution in [0.1, 0.15) is 52.9 Å². The van der Waals surface area contributed by atoms with Crippen LogP contribution in [0, 0.1) is 0 Å². The Labute approximate surface area is 108 Å². The van der Waals surface area contributed by atoms with E-state index in [4.69, 9.17) is 4.74 Å². The molecule has 0 spiro atoms. The highest BCUT2D eigenvalue weighted by Crippen LogP contribution is 2.23. The van der Waals surface area contributed by atoms with Crippen LogP contribution in [0.25, 0.3) is 0 Å². The zero-order valence-electron chi connectivity index (χ0n) is 11.6. The fourth-order valence-electron chi connectivity index (χ4n) is 2.00. The number of halogens is 3. The minimum absolute atomic E-state index is 0.00906. The van der Waals surface area contributed by atoms with Gasteiger partial charge < -0.3 is 10.1 Å². The zero-order chi connectivity index (χ0) is 14.0. The van der Waals surface area contributed by atoms with Gasteiger partial charge in [0.2, 0.25) is 0 Å². The maximum Gasteiger partial charge on any atom is 0.389 e. The molecule has 110 valence electrons. The fourth-order valence-corrected chi connectivity index (χ4v) is 2.00. The first-order chi connectivity index (χ1) is 8.44. The predicted molar refractivity (Wildman–Crippen MR) is 67.7 cm³/mol. The summed E-state index contributed by atoms with van der Waals surface area (Å²) < 4.78 is 42.0. The van der Waals surface area contributed by atoms with Crippen molar-refractivity contribution in [3.8, 4) is 0 Å². The number of hydrogen-bond donors (Lipinski definition) is 1. The van der Waals surface area contributed by atoms with Crippen molar-refractivity contribution in [1.82, 2.24) is 5.32 Å². The molecule has 0 saturated carbocycles. The van der Waals surface area contributed by atoms with Crippen LogP contribution in [0.3, 0.4) is 0 Å². The summed E-state index contributed by atoms with van der Waals surface area (Å²) in [7, 11) is 0. The summed E-state index contributed by atoms with van der Waals surface area (Å²) in [5.74, 6) is 0. The average molecular weight is 269 g/mol. The fraction of sp³-hybridized carbons (Fsp3) is 1.00. The lowest BCUT2D eigenvalue weighted by Gasteiger charge is -2.27. The third kappa shape index (κ3) is 8.75. The molecule has 0 aromatic rings. The lowest BCUT2D eigenvalue weighted by molar-refractivity contribution is -0.136. The zero-order valence-corrected chi connectivity index (χ0v) is 11.6. The average Bonchev–Trinajstić information content (AvgIpc) is 2.29. The standard InChI is InChI=1S/C13H26F3NO/c1-4-10-17-11(12(5-2)18-6-3)8-7-9-13(14,15)16/h11-12,17H,4-10H2,1-3H3. The monoisotopic (exact) mass is 269 g/mol. The molecule has 0 aromatic carbocycles. The summed E-state index contributed by atoms with van der Waals surface area (Å²) in [4.78, 5) is 0. The summed E-state index contributed by atoms with van der Waals surface area (Å²) in [6.07, 6.45) is -2.29. The topological polar surface area (TPSA) is 21.3 Å². The number of rotatable bonds is 10. The summed E-state index contributed by atoms with van der Waals surface area (Å²) >= 11 is 0. The van der Waals surface area contributed by atoms with Crippen molar-refractivity contribution >= 4 is 0 Å². The molecule has 0 aliphatic rings. The lowest BCUT2D eigenvalue weighted by atomic mass is 10.0. The Bertz CT molecular complexity index is 197. The molecule has 0 amide bonds. The van der Waals surface area contributed by atoms with Gasteiger partial charge in [0.15, 0.2) is 0 Å². The van der Waals surface area contributed by atoms with E-state index in [0.717, 1.165) is 19.4 Å². The van der Waals surface area contributed by atoms with Crippen LogP contribution in [0.5, 0.6) is 0 Å². The van der Waals surface area contributed by atoms with Crippen molar-refractivity contribution in [1.29, 1.82) is 0 Å². The maximum absolute atomic E-state index is 12.1. The van der Waals surface area contributed by atoms with E-state index in [1.165, 1.54) is 0 Å². The Morgan fingerprint density at radius 2 is 1.83 bits per heavy atom. The lowest BCUT2D eigenvalue weighted by Crippen LogP contribution is -2.41. The van der Waals surface area contributed by atoms with Gasteiger partial charge in [0.05, 0.1) is 6.10 Å². The first-order valence-corrected chi connectivity index (χ1v) is 6.86. The van der Waals surface area contributed by atoms with Crippen LogP contribution in [-0.4, -0.2) is 31.5 Å². The van der Waals surface area contributed by atoms with E-state index in [1.54, 1.807) is 0 Å². The van der Waals surface area contributed by atoms with Gasteiger partial charge in [0.1, 0.15) is 0 Å². The molecule has 0 bridgehead atoms. The molecule has 0 aliphatic carbocycles. The van der Waals surface area contributed by atoms with E-state index in [1.807, 2.05) is 20.8 Å². The third-order valence-electron chi connectivity index (χ3n) is 2.86. The smallest absolute Gasteiger partial charge is 0.377 e. The first-order valence-electron chi connectivity index (χ1n) is 6.86. The van der Waals surface area contributed by atoms with Gasteiger partial charge in [-0.1, -0.05) is 13.8 Å². The molecule has 0 radical (unpaired) electrons. The number of nitrogens with one attached hydrogen (secondary N) is 1. The van der Waals surface area contributed by atoms with E-state index in [9.17, 15) is 13.2 Å². The van der Waals surface area contributed by atoms with E-state index in [2.05, 4.69) is 5.32 Å². The molecule has 0 rings (SSSR count). The van der Waals surface area contributed by atoms with Crippen LogP contribution < -0.4 is 5.32 Å². The molecular weight excluding hydrogens is 243 g/mol. The molecule has 0 aromatic heterocycles. The predicted octanol–water partition coefficient (Wildman–Crippen LogP) is 3.90. The minimum atomic E-state index is -4.05. The Hall–Kier alpha value is -0.290. The Balaban J connectivity index is 4.19. The molecule has 0 saturated heterocycles. The van der Waals surface area contributed by atoms with Gasteiger partial charge in [-0.15, -0.1) is 0 Å². The van der Waals surface area contributed by atoms with E-state index in [0.29, 0.717) is 13.0 Å². The second-order valence-corrected chi connectivity index (χ2v) is 4.47. The van der Waals surface area contributed by atoms with Crippen LogP contribution in [0.15, 0.2) is 0 Å². The highest BCUT2D eigenvalue weighted by molar-refractivity contribution is 4.76. The van der Waals surface area contributed by atoms with Gasteiger partial charge in [-0.05, 0) is 39.2 Å². The molecular formula is C13H26F3NO. The van der Waals surface area contributed by atoms with Crippen LogP contribution >= 0.6 is 0 Å². The number of alkyl halides is 3. The molecule has 0 heterocycles. The summed E-state index contributed by atoms with van der Waals surface area (Å²) in [5, 5.41) is 3.30. The third-order valence-corrected chi connectivity index (χ3v) is 2.86. The van der Waals surface area contributed by atoms with E-state index in [-0.39, 0.29) is 18.6 Å². The summed E-state index contributed by atoms with van der Waals surface area (Å²) in [6, 6.07) is 0.0252. The van der Waals surface area contributed by atoms with E-state index < -0.39 is 12.6 Å². The summed E-state index contributed by atoms with van der Waals surface area (Å²) in [5.41, 5.74) is 0. The van der Waals surface area contributed by atoms with E-state index >= 15 is 0 Å². The van der Waals surface area contributed by atoms with Gasteiger partial charge >= 0.3 is 6.18 Å². The first kappa shape index (κ1) is 17.7. The van der Waals surface area contributed by atoms with Crippen molar-refractivity contribution < 1.29 is 17.9 Å². The molecule has 5 heteroatoms. The highest BCUT2D eigenvalue weighted by Gasteiger charge is 2.28. The quantitative estimate of drug-likeness (QED) is 0.649. The van der Waals surface area contributed by atoms with Crippen LogP contribution in [0.2, 0.25) is 0 Å². The molecule has 1 N–H and O–H groups in total. The molecule has 2 atom stereocenters. The van der Waals surface area contributed by atoms with Gasteiger partial charge in [0.25, 0.3) is 0 Å². The van der Waals surface area contributed by atoms with Gasteiger partial charge in [0, 0.05) is 19.1 Å². The van der Waals surface area contributed by atoms with Crippen molar-refractivity contribution in [3.05, 3.63) is 0 Å². The maximum atomic E-state index is 12.1. The van der Waals surface area contributed by atoms with Gasteiger partial charge in [-0.2, -0.15) is 13.2 Å². The molecule has 2 unspecified atom stereocenters. The largest absolute Gasteiger partial charge is 0.389 e. The Morgan fingerprint density at radius 1 is 1.17 bits per heavy atom. The second-order valence-electron chi connectivity index (χ2n) is 4.47. The van der Waals surface area contributed by atoms with Crippen LogP contribution in [0.4, 0.5) is 13.2 Å². The number of ether oxygens (including phenoxy) is 1. The Morgan fingerprint density at radius 3 is 2.28 bits per heavy atom. The normalized spacial score (nSPS) is 15.7. The van der Waals surface area contributed by atoms with Gasteiger partial charge in [-0.3, -0.25) is 0 Å². The second kappa shape index (κ2) is 9.62.